The summed E-state index contributed by atoms with van der Waals surface area (Å²) < 4.78 is 0. The van der Waals surface area contributed by atoms with Gasteiger partial charge in [-0.15, -0.1) is 0 Å². The van der Waals surface area contributed by atoms with Crippen LogP contribution < -0.4 is 0 Å². The maximum absolute atomic E-state index is 5.05. The summed E-state index contributed by atoms with van der Waals surface area (Å²) in [6.45, 7) is 3.38. The topological polar surface area (TPSA) is 31.5 Å². The van der Waals surface area contributed by atoms with Crippen LogP contribution in [0, 0.1) is 0 Å². The van der Waals surface area contributed by atoms with Crippen LogP contribution >= 0.6 is 11.6 Å². The lowest BCUT2D eigenvalue weighted by Gasteiger charge is -1.53. The molecule has 0 unspecified atom stereocenters. The van der Waals surface area contributed by atoms with Crippen molar-refractivity contribution in [2.75, 3.05) is 0 Å². The molecule has 2 N–H and O–H groups in total. The zero-order valence-corrected chi connectivity index (χ0v) is 4.07. The second-order valence-corrected chi connectivity index (χ2v) is 0.806. The first-order chi connectivity index (χ1) is 2.41. The number of halogens is 1. The van der Waals surface area contributed by atoms with Crippen LogP contribution in [-0.2, 0) is 0 Å². The van der Waals surface area contributed by atoms with Gasteiger partial charge in [0.1, 0.15) is 0 Å². The average molecular weight is 107 g/mol. The largest absolute Gasteiger partial charge is 0.412 e. The Hall–Kier alpha value is -0.270. The lowest BCUT2D eigenvalue weighted by molar-refractivity contribution is 0.824. The highest BCUT2D eigenvalue weighted by molar-refractivity contribution is 6.25. The lowest BCUT2D eigenvalue weighted by atomic mass is 10.6. The molecule has 0 aromatic rings. The number of allylic oxidation sites excluding steroid dienone is 2. The SMILES string of the molecule is C=C/C=C/Cl.O. The quantitative estimate of drug-likeness (QED) is 0.449. The van der Waals surface area contributed by atoms with Gasteiger partial charge in [-0.25, -0.2) is 0 Å². The fourth-order valence-corrected chi connectivity index (χ4v) is 0.154. The van der Waals surface area contributed by atoms with Crippen LogP contribution in [0.3, 0.4) is 0 Å². The number of hydrogen-bond acceptors (Lipinski definition) is 0. The summed E-state index contributed by atoms with van der Waals surface area (Å²) in [5.41, 5.74) is 1.41. The Balaban J connectivity index is 0. The van der Waals surface area contributed by atoms with Crippen molar-refractivity contribution in [3.8, 4) is 0 Å². The number of hydrogen-bond donors (Lipinski definition) is 0. The Morgan fingerprint density at radius 2 is 2.00 bits per heavy atom. The Morgan fingerprint density at radius 3 is 2.00 bits per heavy atom. The molecule has 0 saturated carbocycles. The van der Waals surface area contributed by atoms with Crippen molar-refractivity contribution in [2.45, 2.75) is 0 Å². The molecule has 2 heteroatoms. The van der Waals surface area contributed by atoms with Crippen molar-refractivity contribution in [3.05, 3.63) is 24.3 Å². The van der Waals surface area contributed by atoms with Gasteiger partial charge < -0.3 is 5.48 Å². The van der Waals surface area contributed by atoms with E-state index in [4.69, 9.17) is 11.6 Å². The molecule has 0 atom stereocenters. The maximum atomic E-state index is 5.05. The van der Waals surface area contributed by atoms with E-state index >= 15 is 0 Å². The normalized spacial score (nSPS) is 7.50. The molecule has 0 fully saturated rings. The van der Waals surface area contributed by atoms with E-state index in [1.165, 1.54) is 5.54 Å². The van der Waals surface area contributed by atoms with Gasteiger partial charge in [0.15, 0.2) is 0 Å². The Morgan fingerprint density at radius 1 is 1.50 bits per heavy atom. The standard InChI is InChI=1S/C4H5Cl.H2O/c1-2-3-4-5;/h2-4H,1H2;1H2/b4-3+;. The third-order valence-electron chi connectivity index (χ3n) is 0.209. The molecular weight excluding hydrogens is 99.5 g/mol. The summed E-state index contributed by atoms with van der Waals surface area (Å²) in [5.74, 6) is 0. The third-order valence-corrected chi connectivity index (χ3v) is 0.354. The second-order valence-electron chi connectivity index (χ2n) is 0.554. The van der Waals surface area contributed by atoms with Crippen LogP contribution in [0.4, 0.5) is 0 Å². The molecule has 6 heavy (non-hydrogen) atoms. The second kappa shape index (κ2) is 8.83. The molecule has 0 radical (unpaired) electrons. The molecule has 0 aromatic carbocycles. The van der Waals surface area contributed by atoms with E-state index in [2.05, 4.69) is 6.58 Å². The van der Waals surface area contributed by atoms with Crippen LogP contribution in [0.15, 0.2) is 24.3 Å². The highest BCUT2D eigenvalue weighted by Crippen LogP contribution is 1.74. The van der Waals surface area contributed by atoms with Crippen LogP contribution in [0.1, 0.15) is 0 Å². The summed E-state index contributed by atoms with van der Waals surface area (Å²) in [6.07, 6.45) is 3.27. The van der Waals surface area contributed by atoms with Crippen molar-refractivity contribution >= 4 is 11.6 Å². The zero-order valence-electron chi connectivity index (χ0n) is 3.32. The number of rotatable bonds is 1. The Kier molecular flexibility index (Phi) is 13.6. The minimum Gasteiger partial charge on any atom is -0.412 e. The van der Waals surface area contributed by atoms with Gasteiger partial charge in [0, 0.05) is 5.54 Å². The first-order valence-corrected chi connectivity index (χ1v) is 1.73. The summed E-state index contributed by atoms with van der Waals surface area (Å²) >= 11 is 5.05. The molecule has 0 aliphatic carbocycles. The van der Waals surface area contributed by atoms with Gasteiger partial charge in [-0.05, 0) is 0 Å². The van der Waals surface area contributed by atoms with Crippen molar-refractivity contribution in [3.63, 3.8) is 0 Å². The van der Waals surface area contributed by atoms with E-state index in [1.807, 2.05) is 0 Å². The molecule has 0 saturated heterocycles. The molecule has 0 spiro atoms. The van der Waals surface area contributed by atoms with Gasteiger partial charge >= 0.3 is 0 Å². The monoisotopic (exact) mass is 106 g/mol. The van der Waals surface area contributed by atoms with E-state index in [1.54, 1.807) is 12.2 Å². The molecule has 0 amide bonds. The first-order valence-electron chi connectivity index (χ1n) is 1.29. The highest BCUT2D eigenvalue weighted by atomic mass is 35.5. The fourth-order valence-electron chi connectivity index (χ4n) is 0.0514. The minimum atomic E-state index is 0. The van der Waals surface area contributed by atoms with E-state index in [0.29, 0.717) is 0 Å². The molecule has 36 valence electrons. The molecule has 0 aliphatic heterocycles. The molecule has 0 aliphatic rings. The van der Waals surface area contributed by atoms with Gasteiger partial charge in [0.05, 0.1) is 0 Å². The van der Waals surface area contributed by atoms with E-state index in [-0.39, 0.29) is 5.48 Å². The van der Waals surface area contributed by atoms with E-state index < -0.39 is 0 Å². The van der Waals surface area contributed by atoms with Gasteiger partial charge in [0.2, 0.25) is 0 Å². The molecular formula is C4H7ClO. The van der Waals surface area contributed by atoms with Crippen LogP contribution in [-0.4, -0.2) is 5.48 Å². The summed E-state index contributed by atoms with van der Waals surface area (Å²) in [4.78, 5) is 0. The summed E-state index contributed by atoms with van der Waals surface area (Å²) in [7, 11) is 0. The fraction of sp³-hybridized carbons (Fsp3) is 0. The van der Waals surface area contributed by atoms with Crippen molar-refractivity contribution in [1.29, 1.82) is 0 Å². The van der Waals surface area contributed by atoms with Gasteiger partial charge in [0.25, 0.3) is 0 Å². The van der Waals surface area contributed by atoms with Crippen LogP contribution in [0.2, 0.25) is 0 Å². The molecule has 0 aromatic heterocycles. The average Bonchev–Trinajstić information content (AvgIpc) is 1.41. The van der Waals surface area contributed by atoms with Crippen molar-refractivity contribution in [1.82, 2.24) is 0 Å². The lowest BCUT2D eigenvalue weighted by Crippen LogP contribution is -1.29. The minimum absolute atomic E-state index is 0. The predicted octanol–water partition coefficient (Wildman–Crippen LogP) is 1.10. The van der Waals surface area contributed by atoms with Gasteiger partial charge in [-0.3, -0.25) is 0 Å². The highest BCUT2D eigenvalue weighted by Gasteiger charge is 1.44. The Bertz CT molecular complexity index is 49.5. The summed E-state index contributed by atoms with van der Waals surface area (Å²) in [6, 6.07) is 0. The van der Waals surface area contributed by atoms with Gasteiger partial charge in [-0.1, -0.05) is 30.3 Å². The van der Waals surface area contributed by atoms with E-state index in [9.17, 15) is 0 Å². The van der Waals surface area contributed by atoms with Crippen molar-refractivity contribution in [2.24, 2.45) is 0 Å². The maximum Gasteiger partial charge on any atom is 0.00422 e. The van der Waals surface area contributed by atoms with E-state index in [0.717, 1.165) is 0 Å². The van der Waals surface area contributed by atoms with Gasteiger partial charge in [-0.2, -0.15) is 0 Å². The molecule has 0 rings (SSSR count). The molecule has 0 heterocycles. The summed E-state index contributed by atoms with van der Waals surface area (Å²) in [5, 5.41) is 0. The smallest absolute Gasteiger partial charge is 0.00422 e. The predicted molar refractivity (Wildman–Crippen MR) is 28.8 cm³/mol. The zero-order chi connectivity index (χ0) is 4.12. The first kappa shape index (κ1) is 9.21. The van der Waals surface area contributed by atoms with Crippen molar-refractivity contribution < 1.29 is 5.48 Å². The molecule has 0 bridgehead atoms. The van der Waals surface area contributed by atoms with Crippen LogP contribution in [0.25, 0.3) is 0 Å². The van der Waals surface area contributed by atoms with Crippen LogP contribution in [0.5, 0.6) is 0 Å². The third kappa shape index (κ3) is 9.29. The Labute approximate surface area is 42.2 Å². The molecule has 1 nitrogen and oxygen atoms in total.